The van der Waals surface area contributed by atoms with Crippen molar-refractivity contribution in [2.24, 2.45) is 5.92 Å². The van der Waals surface area contributed by atoms with Crippen molar-refractivity contribution < 1.29 is 4.74 Å². The van der Waals surface area contributed by atoms with E-state index in [1.165, 1.54) is 5.56 Å². The molecule has 1 N–H and O–H groups in total. The molecule has 0 heterocycles. The molecule has 0 aliphatic carbocycles. The quantitative estimate of drug-likeness (QED) is 0.564. The Morgan fingerprint density at radius 1 is 1.41 bits per heavy atom. The summed E-state index contributed by atoms with van der Waals surface area (Å²) < 4.78 is 7.57. The minimum atomic E-state index is 0.541. The molecule has 1 rings (SSSR count). The van der Waals surface area contributed by atoms with Gasteiger partial charge in [-0.25, -0.2) is 0 Å². The monoisotopic (exact) mass is 411 g/mol. The molecule has 0 spiro atoms. The van der Waals surface area contributed by atoms with Crippen molar-refractivity contribution in [3.05, 3.63) is 28.2 Å². The van der Waals surface area contributed by atoms with Gasteiger partial charge in [-0.15, -0.1) is 0 Å². The van der Waals surface area contributed by atoms with Crippen molar-refractivity contribution in [3.63, 3.8) is 0 Å². The summed E-state index contributed by atoms with van der Waals surface area (Å²) in [6.07, 6.45) is 0. The minimum absolute atomic E-state index is 0.541. The number of ether oxygens (including phenoxy) is 1. The number of hydrogen-bond donors (Lipinski definition) is 1. The van der Waals surface area contributed by atoms with Crippen LogP contribution < -0.4 is 10.1 Å². The Labute approximate surface area is 126 Å². The van der Waals surface area contributed by atoms with Gasteiger partial charge in [-0.2, -0.15) is 0 Å². The molecule has 0 aliphatic rings. The fourth-order valence-electron chi connectivity index (χ4n) is 1.59. The molecule has 1 atom stereocenters. The van der Waals surface area contributed by atoms with Crippen molar-refractivity contribution >= 4 is 38.5 Å². The number of nitrogens with one attached hydrogen (secondary N) is 1. The van der Waals surface area contributed by atoms with Crippen LogP contribution >= 0.6 is 38.5 Å². The Balaban J connectivity index is 2.70. The SMILES string of the molecule is COc1ccc(Br)cc1CNC(CI)C(C)C. The average molecular weight is 412 g/mol. The third kappa shape index (κ3) is 4.75. The maximum Gasteiger partial charge on any atom is 0.123 e. The fourth-order valence-corrected chi connectivity index (χ4v) is 3.33. The number of halogens is 2. The summed E-state index contributed by atoms with van der Waals surface area (Å²) in [5, 5.41) is 3.58. The number of methoxy groups -OCH3 is 1. The van der Waals surface area contributed by atoms with Gasteiger partial charge >= 0.3 is 0 Å². The van der Waals surface area contributed by atoms with E-state index in [0.717, 1.165) is 21.2 Å². The summed E-state index contributed by atoms with van der Waals surface area (Å²) >= 11 is 5.92. The maximum atomic E-state index is 5.36. The Hall–Kier alpha value is 0.190. The first kappa shape index (κ1) is 15.2. The van der Waals surface area contributed by atoms with Crippen LogP contribution in [0.3, 0.4) is 0 Å². The summed E-state index contributed by atoms with van der Waals surface area (Å²) in [6, 6.07) is 6.64. The first-order valence-electron chi connectivity index (χ1n) is 5.70. The van der Waals surface area contributed by atoms with E-state index in [9.17, 15) is 0 Å². The van der Waals surface area contributed by atoms with E-state index in [-0.39, 0.29) is 0 Å². The van der Waals surface area contributed by atoms with Crippen molar-refractivity contribution in [2.45, 2.75) is 26.4 Å². The molecule has 1 aromatic carbocycles. The zero-order chi connectivity index (χ0) is 12.8. The summed E-state index contributed by atoms with van der Waals surface area (Å²) in [4.78, 5) is 0. The van der Waals surface area contributed by atoms with Gasteiger partial charge in [-0.05, 0) is 24.1 Å². The number of rotatable bonds is 6. The lowest BCUT2D eigenvalue weighted by atomic mass is 10.1. The van der Waals surface area contributed by atoms with E-state index in [0.29, 0.717) is 12.0 Å². The highest BCUT2D eigenvalue weighted by atomic mass is 127. The second kappa shape index (κ2) is 7.59. The van der Waals surface area contributed by atoms with Gasteiger partial charge in [0, 0.05) is 27.1 Å². The van der Waals surface area contributed by atoms with E-state index in [4.69, 9.17) is 4.74 Å². The number of alkyl halides is 1. The molecular formula is C13H19BrINO. The zero-order valence-corrected chi connectivity index (χ0v) is 14.2. The molecule has 0 saturated carbocycles. The smallest absolute Gasteiger partial charge is 0.123 e. The Morgan fingerprint density at radius 3 is 2.65 bits per heavy atom. The summed E-state index contributed by atoms with van der Waals surface area (Å²) in [7, 11) is 1.71. The molecule has 0 saturated heterocycles. The predicted octanol–water partition coefficient (Wildman–Crippen LogP) is 4.01. The minimum Gasteiger partial charge on any atom is -0.496 e. The predicted molar refractivity (Wildman–Crippen MR) is 85.0 cm³/mol. The highest BCUT2D eigenvalue weighted by molar-refractivity contribution is 14.1. The van der Waals surface area contributed by atoms with E-state index < -0.39 is 0 Å². The molecular weight excluding hydrogens is 393 g/mol. The topological polar surface area (TPSA) is 21.3 Å². The van der Waals surface area contributed by atoms with E-state index in [1.807, 2.05) is 12.1 Å². The summed E-state index contributed by atoms with van der Waals surface area (Å²) in [6.45, 7) is 5.33. The van der Waals surface area contributed by atoms with Crippen molar-refractivity contribution in [3.8, 4) is 5.75 Å². The van der Waals surface area contributed by atoms with Crippen LogP contribution in [0.4, 0.5) is 0 Å². The molecule has 1 aromatic rings. The Kier molecular flexibility index (Phi) is 6.80. The highest BCUT2D eigenvalue weighted by Crippen LogP contribution is 2.23. The maximum absolute atomic E-state index is 5.36. The van der Waals surface area contributed by atoms with Crippen LogP contribution in [0.5, 0.6) is 5.75 Å². The molecule has 0 radical (unpaired) electrons. The molecule has 96 valence electrons. The van der Waals surface area contributed by atoms with E-state index in [2.05, 4.69) is 63.8 Å². The fraction of sp³-hybridized carbons (Fsp3) is 0.538. The van der Waals surface area contributed by atoms with Gasteiger partial charge in [0.25, 0.3) is 0 Å². The average Bonchev–Trinajstić information content (AvgIpc) is 2.29. The largest absolute Gasteiger partial charge is 0.496 e. The van der Waals surface area contributed by atoms with E-state index in [1.54, 1.807) is 7.11 Å². The Morgan fingerprint density at radius 2 is 2.12 bits per heavy atom. The van der Waals surface area contributed by atoms with Crippen molar-refractivity contribution in [1.82, 2.24) is 5.32 Å². The Bertz CT molecular complexity index is 357. The van der Waals surface area contributed by atoms with Gasteiger partial charge in [0.15, 0.2) is 0 Å². The van der Waals surface area contributed by atoms with Crippen LogP contribution in [0.15, 0.2) is 22.7 Å². The third-order valence-corrected chi connectivity index (χ3v) is 4.21. The van der Waals surface area contributed by atoms with E-state index >= 15 is 0 Å². The second-order valence-corrected chi connectivity index (χ2v) is 6.14. The molecule has 0 aromatic heterocycles. The van der Waals surface area contributed by atoms with Crippen molar-refractivity contribution in [1.29, 1.82) is 0 Å². The van der Waals surface area contributed by atoms with Crippen LogP contribution in [0, 0.1) is 5.92 Å². The van der Waals surface area contributed by atoms with Gasteiger partial charge in [-0.3, -0.25) is 0 Å². The van der Waals surface area contributed by atoms with Crippen LogP contribution in [0.2, 0.25) is 0 Å². The number of benzene rings is 1. The van der Waals surface area contributed by atoms with Crippen LogP contribution in [0.25, 0.3) is 0 Å². The molecule has 2 nitrogen and oxygen atoms in total. The van der Waals surface area contributed by atoms with Crippen LogP contribution in [0.1, 0.15) is 19.4 Å². The van der Waals surface area contributed by atoms with Gasteiger partial charge in [-0.1, -0.05) is 52.4 Å². The lowest BCUT2D eigenvalue weighted by Gasteiger charge is -2.20. The molecule has 17 heavy (non-hydrogen) atoms. The number of hydrogen-bond acceptors (Lipinski definition) is 2. The normalized spacial score (nSPS) is 12.8. The lowest BCUT2D eigenvalue weighted by Crippen LogP contribution is -2.34. The first-order valence-corrected chi connectivity index (χ1v) is 8.02. The first-order chi connectivity index (χ1) is 8.08. The van der Waals surface area contributed by atoms with Crippen LogP contribution in [-0.4, -0.2) is 17.6 Å². The van der Waals surface area contributed by atoms with Gasteiger partial charge in [0.05, 0.1) is 7.11 Å². The molecule has 0 bridgehead atoms. The molecule has 0 amide bonds. The second-order valence-electron chi connectivity index (χ2n) is 4.34. The zero-order valence-electron chi connectivity index (χ0n) is 10.5. The van der Waals surface area contributed by atoms with Gasteiger partial charge in [0.2, 0.25) is 0 Å². The van der Waals surface area contributed by atoms with Gasteiger partial charge in [0.1, 0.15) is 5.75 Å². The molecule has 1 unspecified atom stereocenters. The summed E-state index contributed by atoms with van der Waals surface area (Å²) in [5.41, 5.74) is 1.19. The molecule has 0 aliphatic heterocycles. The van der Waals surface area contributed by atoms with Gasteiger partial charge < -0.3 is 10.1 Å². The highest BCUT2D eigenvalue weighted by Gasteiger charge is 2.12. The summed E-state index contributed by atoms with van der Waals surface area (Å²) in [5.74, 6) is 1.58. The molecule has 4 heteroatoms. The van der Waals surface area contributed by atoms with Crippen molar-refractivity contribution in [2.75, 3.05) is 11.5 Å². The van der Waals surface area contributed by atoms with Crippen LogP contribution in [-0.2, 0) is 6.54 Å². The standard InChI is InChI=1S/C13H19BrINO/c1-9(2)12(7-15)16-8-10-6-11(14)4-5-13(10)17-3/h4-6,9,12,16H,7-8H2,1-3H3. The lowest BCUT2D eigenvalue weighted by molar-refractivity contribution is 0.397. The third-order valence-electron chi connectivity index (χ3n) is 2.77. The molecule has 0 fully saturated rings.